The van der Waals surface area contributed by atoms with E-state index in [-0.39, 0.29) is 17.5 Å². The highest BCUT2D eigenvalue weighted by Gasteiger charge is 2.18. The summed E-state index contributed by atoms with van der Waals surface area (Å²) in [4.78, 5) is 37.9. The average Bonchev–Trinajstić information content (AvgIpc) is 3.30. The Hall–Kier alpha value is -2.91. The largest absolute Gasteiger partial charge is 0.351 e. The van der Waals surface area contributed by atoms with Crippen LogP contribution in [0.4, 0.5) is 5.00 Å². The van der Waals surface area contributed by atoms with E-state index < -0.39 is 0 Å². The van der Waals surface area contributed by atoms with Crippen LogP contribution in [0.3, 0.4) is 0 Å². The molecule has 4 rings (SSSR count). The number of hydrogen-bond donors (Lipinski definition) is 2. The van der Waals surface area contributed by atoms with Crippen LogP contribution in [-0.4, -0.2) is 32.7 Å². The van der Waals surface area contributed by atoms with Crippen molar-refractivity contribution in [2.24, 2.45) is 0 Å². The fourth-order valence-electron chi connectivity index (χ4n) is 3.70. The molecule has 10 heteroatoms. The molecule has 0 atom stereocenters. The molecule has 2 N–H and O–H groups in total. The van der Waals surface area contributed by atoms with Gasteiger partial charge in [-0.25, -0.2) is 9.48 Å². The molecule has 1 aliphatic heterocycles. The summed E-state index contributed by atoms with van der Waals surface area (Å²) in [6.07, 6.45) is 3.51. The molecule has 0 spiro atoms. The van der Waals surface area contributed by atoms with Gasteiger partial charge >= 0.3 is 5.69 Å². The number of halogens is 1. The minimum atomic E-state index is -0.322. The van der Waals surface area contributed by atoms with Gasteiger partial charge in [-0.3, -0.25) is 14.2 Å². The van der Waals surface area contributed by atoms with Crippen LogP contribution in [0.25, 0.3) is 0 Å². The summed E-state index contributed by atoms with van der Waals surface area (Å²) in [6.45, 7) is 3.44. The Labute approximate surface area is 194 Å². The maximum atomic E-state index is 12.6. The lowest BCUT2D eigenvalue weighted by Gasteiger charge is -2.09. The Morgan fingerprint density at radius 2 is 2.03 bits per heavy atom. The minimum absolute atomic E-state index is 0.0703. The molecule has 0 radical (unpaired) electrons. The van der Waals surface area contributed by atoms with Gasteiger partial charge in [0.15, 0.2) is 0 Å². The summed E-state index contributed by atoms with van der Waals surface area (Å²) in [7, 11) is 0. The van der Waals surface area contributed by atoms with Gasteiger partial charge in [0.1, 0.15) is 5.82 Å². The first kappa shape index (κ1) is 22.3. The Bertz CT molecular complexity index is 1210. The molecule has 8 nitrogen and oxygen atoms in total. The zero-order valence-corrected chi connectivity index (χ0v) is 19.3. The number of benzene rings is 1. The summed E-state index contributed by atoms with van der Waals surface area (Å²) in [5.74, 6) is 0.324. The van der Waals surface area contributed by atoms with Crippen LogP contribution in [0.15, 0.2) is 35.1 Å². The fourth-order valence-corrected chi connectivity index (χ4v) is 4.90. The number of carbonyl (C=O) groups is 2. The van der Waals surface area contributed by atoms with Crippen LogP contribution in [0.2, 0.25) is 5.02 Å². The number of thiophene rings is 1. The van der Waals surface area contributed by atoms with Crippen molar-refractivity contribution in [3.05, 3.63) is 67.7 Å². The minimum Gasteiger partial charge on any atom is -0.351 e. The van der Waals surface area contributed by atoms with E-state index in [2.05, 4.69) is 15.7 Å². The molecular weight excluding hydrogens is 450 g/mol. The molecule has 0 saturated heterocycles. The van der Waals surface area contributed by atoms with Crippen LogP contribution in [0, 0.1) is 6.92 Å². The molecule has 0 unspecified atom stereocenters. The van der Waals surface area contributed by atoms with E-state index in [1.807, 2.05) is 6.92 Å². The van der Waals surface area contributed by atoms with Crippen molar-refractivity contribution in [2.45, 2.75) is 45.7 Å². The van der Waals surface area contributed by atoms with E-state index in [1.165, 1.54) is 16.0 Å². The molecule has 0 aliphatic carbocycles. The summed E-state index contributed by atoms with van der Waals surface area (Å²) in [5, 5.41) is 11.0. The van der Waals surface area contributed by atoms with Crippen LogP contribution in [-0.2, 0) is 19.5 Å². The summed E-state index contributed by atoms with van der Waals surface area (Å²) < 4.78 is 3.24. The van der Waals surface area contributed by atoms with Crippen molar-refractivity contribution in [1.29, 1.82) is 0 Å². The lowest BCUT2D eigenvalue weighted by molar-refractivity contribution is 0.0955. The molecule has 2 aromatic heterocycles. The Morgan fingerprint density at radius 1 is 1.22 bits per heavy atom. The van der Waals surface area contributed by atoms with Gasteiger partial charge in [-0.15, -0.1) is 11.3 Å². The Balaban J connectivity index is 1.31. The zero-order chi connectivity index (χ0) is 22.7. The topological polar surface area (TPSA) is 98.0 Å². The third kappa shape index (κ3) is 4.78. The van der Waals surface area contributed by atoms with Gasteiger partial charge in [-0.1, -0.05) is 23.7 Å². The highest BCUT2D eigenvalue weighted by Crippen LogP contribution is 2.27. The molecular formula is C22H24ClN5O3S. The van der Waals surface area contributed by atoms with E-state index in [0.29, 0.717) is 40.0 Å². The van der Waals surface area contributed by atoms with E-state index in [4.69, 9.17) is 11.6 Å². The van der Waals surface area contributed by atoms with Gasteiger partial charge in [0.2, 0.25) is 0 Å². The summed E-state index contributed by atoms with van der Waals surface area (Å²) in [6, 6.07) is 8.57. The van der Waals surface area contributed by atoms with Gasteiger partial charge in [-0.2, -0.15) is 5.10 Å². The van der Waals surface area contributed by atoms with Crippen molar-refractivity contribution >= 4 is 39.8 Å². The molecule has 2 amide bonds. The molecule has 0 fully saturated rings. The van der Waals surface area contributed by atoms with E-state index >= 15 is 0 Å². The number of amides is 2. The first-order chi connectivity index (χ1) is 15.4. The van der Waals surface area contributed by atoms with E-state index in [0.717, 1.165) is 37.2 Å². The van der Waals surface area contributed by atoms with Gasteiger partial charge < -0.3 is 10.6 Å². The number of fused-ring (bicyclic) bond motifs is 1. The van der Waals surface area contributed by atoms with Crippen molar-refractivity contribution in [3.8, 4) is 0 Å². The number of hydrogen-bond acceptors (Lipinski definition) is 5. The third-order valence-corrected chi connectivity index (χ3v) is 6.82. The Kier molecular flexibility index (Phi) is 6.76. The Morgan fingerprint density at radius 3 is 2.81 bits per heavy atom. The first-order valence-electron chi connectivity index (χ1n) is 10.5. The second-order valence-electron chi connectivity index (χ2n) is 7.70. The predicted molar refractivity (Wildman–Crippen MR) is 125 cm³/mol. The van der Waals surface area contributed by atoms with Crippen molar-refractivity contribution in [2.75, 3.05) is 11.9 Å². The predicted octanol–water partition coefficient (Wildman–Crippen LogP) is 3.48. The number of anilines is 1. The summed E-state index contributed by atoms with van der Waals surface area (Å²) in [5.41, 5.74) is 1.08. The quantitative estimate of drug-likeness (QED) is 0.513. The van der Waals surface area contributed by atoms with Crippen LogP contribution < -0.4 is 16.3 Å². The number of nitrogens with zero attached hydrogens (tertiary/aromatic N) is 3. The van der Waals surface area contributed by atoms with Gasteiger partial charge in [0, 0.05) is 26.1 Å². The highest BCUT2D eigenvalue weighted by atomic mass is 35.5. The normalized spacial score (nSPS) is 12.9. The summed E-state index contributed by atoms with van der Waals surface area (Å²) >= 11 is 7.29. The molecule has 1 aliphatic rings. The van der Waals surface area contributed by atoms with Crippen molar-refractivity contribution in [3.63, 3.8) is 0 Å². The molecule has 0 bridgehead atoms. The van der Waals surface area contributed by atoms with Crippen LogP contribution >= 0.6 is 22.9 Å². The molecule has 32 heavy (non-hydrogen) atoms. The van der Waals surface area contributed by atoms with E-state index in [9.17, 15) is 14.4 Å². The lowest BCUT2D eigenvalue weighted by Crippen LogP contribution is -2.29. The number of aryl methyl sites for hydroxylation is 3. The maximum Gasteiger partial charge on any atom is 0.345 e. The lowest BCUT2D eigenvalue weighted by atomic mass is 10.2. The molecule has 1 aromatic carbocycles. The zero-order valence-electron chi connectivity index (χ0n) is 17.7. The number of nitrogens with one attached hydrogen (secondary N) is 2. The van der Waals surface area contributed by atoms with Crippen molar-refractivity contribution < 1.29 is 9.59 Å². The monoisotopic (exact) mass is 473 g/mol. The number of rotatable bonds is 7. The highest BCUT2D eigenvalue weighted by molar-refractivity contribution is 7.18. The molecule has 0 saturated carbocycles. The average molecular weight is 474 g/mol. The molecule has 3 heterocycles. The van der Waals surface area contributed by atoms with Crippen LogP contribution in [0.1, 0.15) is 50.7 Å². The van der Waals surface area contributed by atoms with Gasteiger partial charge in [0.05, 0.1) is 20.5 Å². The maximum absolute atomic E-state index is 12.6. The van der Waals surface area contributed by atoms with Crippen LogP contribution in [0.5, 0.6) is 0 Å². The molecule has 168 valence electrons. The van der Waals surface area contributed by atoms with Gasteiger partial charge in [-0.05, 0) is 49.9 Å². The number of aromatic nitrogens is 3. The number of carbonyl (C=O) groups excluding carboxylic acids is 2. The first-order valence-corrected chi connectivity index (χ1v) is 11.7. The van der Waals surface area contributed by atoms with E-state index in [1.54, 1.807) is 34.9 Å². The third-order valence-electron chi connectivity index (χ3n) is 5.34. The fraction of sp³-hybridized carbons (Fsp3) is 0.364. The second kappa shape index (κ2) is 9.70. The SMILES string of the molecule is Cc1cc(NC(=O)c2ccccc2Cl)sc1C(=O)NCCCn1nc2n(c1=O)CCCC2. The second-order valence-corrected chi connectivity index (χ2v) is 9.16. The van der Waals surface area contributed by atoms with Crippen molar-refractivity contribution in [1.82, 2.24) is 19.7 Å². The van der Waals surface area contributed by atoms with Gasteiger partial charge in [0.25, 0.3) is 11.8 Å². The smallest absolute Gasteiger partial charge is 0.345 e. The molecule has 3 aromatic rings. The standard InChI is InChI=1S/C22H24ClN5O3S/c1-14-13-18(25-20(29)15-7-2-3-8-16(15)23)32-19(14)21(30)24-10-6-12-28-22(31)27-11-5-4-9-17(27)26-28/h2-3,7-8,13H,4-6,9-12H2,1H3,(H,24,30)(H,25,29).